The van der Waals surface area contributed by atoms with Gasteiger partial charge in [-0.15, -0.1) is 0 Å². The highest BCUT2D eigenvalue weighted by atomic mass is 35.5. The molecule has 15 heavy (non-hydrogen) atoms. The van der Waals surface area contributed by atoms with E-state index in [0.29, 0.717) is 18.6 Å². The third kappa shape index (κ3) is 1.72. The third-order valence-corrected chi connectivity index (χ3v) is 3.31. The number of hydrogen-bond donors (Lipinski definition) is 1. The maximum Gasteiger partial charge on any atom is 0.0642 e. The number of para-hydroxylation sites is 1. The minimum atomic E-state index is 0.403. The summed E-state index contributed by atoms with van der Waals surface area (Å²) in [7, 11) is 0. The maximum atomic E-state index is 6.25. The topological polar surface area (TPSA) is 29.3 Å². The number of hydrogen-bond acceptors (Lipinski definition) is 2. The van der Waals surface area contributed by atoms with E-state index in [1.165, 1.54) is 11.3 Å². The van der Waals surface area contributed by atoms with Gasteiger partial charge in [-0.25, -0.2) is 0 Å². The Morgan fingerprint density at radius 1 is 1.53 bits per heavy atom. The molecule has 82 valence electrons. The molecule has 0 saturated carbocycles. The van der Waals surface area contributed by atoms with Gasteiger partial charge in [0.15, 0.2) is 0 Å². The van der Waals surface area contributed by atoms with Gasteiger partial charge >= 0.3 is 0 Å². The van der Waals surface area contributed by atoms with Gasteiger partial charge in [0.1, 0.15) is 0 Å². The van der Waals surface area contributed by atoms with Gasteiger partial charge < -0.3 is 10.6 Å². The summed E-state index contributed by atoms with van der Waals surface area (Å²) in [6, 6.07) is 6.96. The van der Waals surface area contributed by atoms with Gasteiger partial charge in [-0.1, -0.05) is 23.7 Å². The molecule has 0 aliphatic carbocycles. The van der Waals surface area contributed by atoms with E-state index in [1.807, 2.05) is 12.1 Å². The Kier molecular flexibility index (Phi) is 2.89. The molecule has 0 aromatic heterocycles. The quantitative estimate of drug-likeness (QED) is 0.836. The van der Waals surface area contributed by atoms with Gasteiger partial charge in [-0.05, 0) is 31.9 Å². The summed E-state index contributed by atoms with van der Waals surface area (Å²) in [5.74, 6) is 0. The Morgan fingerprint density at radius 3 is 2.87 bits per heavy atom. The van der Waals surface area contributed by atoms with Crippen LogP contribution in [0.5, 0.6) is 0 Å². The van der Waals surface area contributed by atoms with Crippen LogP contribution in [0.25, 0.3) is 0 Å². The Balaban J connectivity index is 2.46. The van der Waals surface area contributed by atoms with Crippen molar-refractivity contribution in [3.63, 3.8) is 0 Å². The van der Waals surface area contributed by atoms with Crippen molar-refractivity contribution >= 4 is 17.3 Å². The van der Waals surface area contributed by atoms with Gasteiger partial charge in [0, 0.05) is 18.6 Å². The summed E-state index contributed by atoms with van der Waals surface area (Å²) >= 11 is 6.25. The minimum absolute atomic E-state index is 0.403. The summed E-state index contributed by atoms with van der Waals surface area (Å²) in [5.41, 5.74) is 8.32. The van der Waals surface area contributed by atoms with Crippen molar-refractivity contribution in [2.75, 3.05) is 11.4 Å². The van der Waals surface area contributed by atoms with Crippen LogP contribution in [0.15, 0.2) is 18.2 Å². The molecule has 0 amide bonds. The largest absolute Gasteiger partial charge is 0.363 e. The average molecular weight is 225 g/mol. The molecular formula is C12H17ClN2. The van der Waals surface area contributed by atoms with Crippen LogP contribution in [-0.2, 0) is 6.42 Å². The standard InChI is InChI=1S/C12H17ClN2/c1-8(2)15-10(7-14)6-9-4-3-5-11(13)12(9)15/h3-5,8,10H,6-7,14H2,1-2H3. The van der Waals surface area contributed by atoms with Gasteiger partial charge in [-0.3, -0.25) is 0 Å². The third-order valence-electron chi connectivity index (χ3n) is 3.01. The van der Waals surface area contributed by atoms with E-state index >= 15 is 0 Å². The highest BCUT2D eigenvalue weighted by molar-refractivity contribution is 6.33. The van der Waals surface area contributed by atoms with Crippen LogP contribution >= 0.6 is 11.6 Å². The molecular weight excluding hydrogens is 208 g/mol. The highest BCUT2D eigenvalue weighted by Crippen LogP contribution is 2.38. The maximum absolute atomic E-state index is 6.25. The van der Waals surface area contributed by atoms with Crippen LogP contribution in [-0.4, -0.2) is 18.6 Å². The van der Waals surface area contributed by atoms with Crippen LogP contribution in [0, 0.1) is 0 Å². The van der Waals surface area contributed by atoms with Gasteiger partial charge in [-0.2, -0.15) is 0 Å². The van der Waals surface area contributed by atoms with Gasteiger partial charge in [0.25, 0.3) is 0 Å². The molecule has 1 aromatic rings. The second kappa shape index (κ2) is 4.03. The highest BCUT2D eigenvalue weighted by Gasteiger charge is 2.31. The van der Waals surface area contributed by atoms with Crippen molar-refractivity contribution < 1.29 is 0 Å². The first-order valence-electron chi connectivity index (χ1n) is 5.41. The van der Waals surface area contributed by atoms with Crippen molar-refractivity contribution in [1.29, 1.82) is 0 Å². The molecule has 2 N–H and O–H groups in total. The van der Waals surface area contributed by atoms with Crippen molar-refractivity contribution in [3.8, 4) is 0 Å². The number of anilines is 1. The molecule has 0 radical (unpaired) electrons. The summed E-state index contributed by atoms with van der Waals surface area (Å²) in [4.78, 5) is 2.34. The Hall–Kier alpha value is -0.730. The molecule has 1 heterocycles. The van der Waals surface area contributed by atoms with Crippen LogP contribution in [0.3, 0.4) is 0 Å². The Labute approximate surface area is 96.0 Å². The van der Waals surface area contributed by atoms with Gasteiger partial charge in [0.2, 0.25) is 0 Å². The lowest BCUT2D eigenvalue weighted by Crippen LogP contribution is -2.42. The number of benzene rings is 1. The fraction of sp³-hybridized carbons (Fsp3) is 0.500. The van der Waals surface area contributed by atoms with Crippen molar-refractivity contribution in [1.82, 2.24) is 0 Å². The summed E-state index contributed by atoms with van der Waals surface area (Å²) in [6.45, 7) is 5.05. The summed E-state index contributed by atoms with van der Waals surface area (Å²) < 4.78 is 0. The molecule has 2 rings (SSSR count). The number of rotatable bonds is 2. The molecule has 3 heteroatoms. The molecule has 1 aliphatic rings. The molecule has 2 nitrogen and oxygen atoms in total. The first-order chi connectivity index (χ1) is 7.15. The zero-order valence-corrected chi connectivity index (χ0v) is 9.96. The fourth-order valence-corrected chi connectivity index (χ4v) is 2.72. The van der Waals surface area contributed by atoms with E-state index in [9.17, 15) is 0 Å². The predicted molar refractivity (Wildman–Crippen MR) is 65.6 cm³/mol. The minimum Gasteiger partial charge on any atom is -0.363 e. The Bertz CT molecular complexity index is 363. The molecule has 1 unspecified atom stereocenters. The zero-order chi connectivity index (χ0) is 11.0. The number of nitrogens with zero attached hydrogens (tertiary/aromatic N) is 1. The van der Waals surface area contributed by atoms with Crippen molar-refractivity contribution in [2.24, 2.45) is 5.73 Å². The molecule has 1 aliphatic heterocycles. The summed E-state index contributed by atoms with van der Waals surface area (Å²) in [5, 5.41) is 0.845. The van der Waals surface area contributed by atoms with E-state index in [-0.39, 0.29) is 0 Å². The normalized spacial score (nSPS) is 19.8. The number of halogens is 1. The molecule has 0 fully saturated rings. The fourth-order valence-electron chi connectivity index (χ4n) is 2.43. The van der Waals surface area contributed by atoms with Crippen molar-refractivity contribution in [3.05, 3.63) is 28.8 Å². The summed E-state index contributed by atoms with van der Waals surface area (Å²) in [6.07, 6.45) is 1.02. The van der Waals surface area contributed by atoms with Gasteiger partial charge in [0.05, 0.1) is 10.7 Å². The van der Waals surface area contributed by atoms with E-state index < -0.39 is 0 Å². The van der Waals surface area contributed by atoms with Crippen LogP contribution in [0.4, 0.5) is 5.69 Å². The van der Waals surface area contributed by atoms with E-state index in [2.05, 4.69) is 24.8 Å². The lowest BCUT2D eigenvalue weighted by molar-refractivity contribution is 0.576. The lowest BCUT2D eigenvalue weighted by atomic mass is 10.1. The second-order valence-corrected chi connectivity index (χ2v) is 4.75. The SMILES string of the molecule is CC(C)N1c2c(Cl)cccc2CC1CN. The monoisotopic (exact) mass is 224 g/mol. The van der Waals surface area contributed by atoms with E-state index in [0.717, 1.165) is 11.4 Å². The second-order valence-electron chi connectivity index (χ2n) is 4.34. The van der Waals surface area contributed by atoms with Crippen molar-refractivity contribution in [2.45, 2.75) is 32.4 Å². The molecule has 1 aromatic carbocycles. The molecule has 0 saturated heterocycles. The predicted octanol–water partition coefficient (Wildman–Crippen LogP) is 2.44. The number of nitrogens with two attached hydrogens (primary N) is 1. The first kappa shape index (κ1) is 10.8. The smallest absolute Gasteiger partial charge is 0.0642 e. The van der Waals surface area contributed by atoms with Crippen LogP contribution in [0.2, 0.25) is 5.02 Å². The Morgan fingerprint density at radius 2 is 2.27 bits per heavy atom. The zero-order valence-electron chi connectivity index (χ0n) is 9.20. The average Bonchev–Trinajstić information content (AvgIpc) is 2.57. The van der Waals surface area contributed by atoms with E-state index in [4.69, 9.17) is 17.3 Å². The van der Waals surface area contributed by atoms with Crippen LogP contribution in [0.1, 0.15) is 19.4 Å². The van der Waals surface area contributed by atoms with E-state index in [1.54, 1.807) is 0 Å². The lowest BCUT2D eigenvalue weighted by Gasteiger charge is -2.31. The molecule has 0 spiro atoms. The molecule has 1 atom stereocenters. The number of fused-ring (bicyclic) bond motifs is 1. The molecule has 0 bridgehead atoms. The first-order valence-corrected chi connectivity index (χ1v) is 5.78. The van der Waals surface area contributed by atoms with Crippen LogP contribution < -0.4 is 10.6 Å².